The third-order valence-corrected chi connectivity index (χ3v) is 5.14. The highest BCUT2D eigenvalue weighted by molar-refractivity contribution is 7.14. The zero-order valence-electron chi connectivity index (χ0n) is 12.8. The minimum Gasteiger partial charge on any atom is -0.481 e. The van der Waals surface area contributed by atoms with Crippen molar-refractivity contribution in [2.45, 2.75) is 12.8 Å². The van der Waals surface area contributed by atoms with E-state index in [2.05, 4.69) is 0 Å². The SMILES string of the molecule is CC(C(=O)O)c1cccc(-c2ccsc2-c2ccc(Cl)cc2)c1F. The number of carbonyl (C=O) groups is 1. The molecule has 0 aliphatic heterocycles. The summed E-state index contributed by atoms with van der Waals surface area (Å²) in [5, 5.41) is 11.7. The number of carboxylic acid groups (broad SMARTS) is 1. The third-order valence-electron chi connectivity index (χ3n) is 3.93. The summed E-state index contributed by atoms with van der Waals surface area (Å²) in [6.45, 7) is 1.48. The first kappa shape index (κ1) is 16.7. The normalized spacial score (nSPS) is 12.1. The first-order valence-electron chi connectivity index (χ1n) is 7.34. The van der Waals surface area contributed by atoms with Gasteiger partial charge in [0.25, 0.3) is 0 Å². The van der Waals surface area contributed by atoms with E-state index in [-0.39, 0.29) is 5.56 Å². The van der Waals surface area contributed by atoms with E-state index in [0.717, 1.165) is 16.0 Å². The molecule has 3 aromatic rings. The van der Waals surface area contributed by atoms with Crippen LogP contribution in [0.5, 0.6) is 0 Å². The lowest BCUT2D eigenvalue weighted by molar-refractivity contribution is -0.138. The molecule has 24 heavy (non-hydrogen) atoms. The largest absolute Gasteiger partial charge is 0.481 e. The molecule has 3 rings (SSSR count). The fourth-order valence-corrected chi connectivity index (χ4v) is 3.61. The van der Waals surface area contributed by atoms with Crippen molar-refractivity contribution in [1.29, 1.82) is 0 Å². The Kier molecular flexibility index (Phi) is 4.69. The van der Waals surface area contributed by atoms with Gasteiger partial charge in [-0.3, -0.25) is 4.79 Å². The van der Waals surface area contributed by atoms with Crippen molar-refractivity contribution in [3.63, 3.8) is 0 Å². The van der Waals surface area contributed by atoms with Crippen LogP contribution >= 0.6 is 22.9 Å². The Morgan fingerprint density at radius 1 is 1.12 bits per heavy atom. The second-order valence-corrected chi connectivity index (χ2v) is 6.79. The Balaban J connectivity index is 2.11. The van der Waals surface area contributed by atoms with Crippen molar-refractivity contribution in [2.24, 2.45) is 0 Å². The predicted octanol–water partition coefficient (Wildman–Crippen LogP) is 6.06. The van der Waals surface area contributed by atoms with E-state index in [9.17, 15) is 9.18 Å². The molecule has 0 spiro atoms. The van der Waals surface area contributed by atoms with Gasteiger partial charge in [0.05, 0.1) is 5.92 Å². The molecule has 0 aliphatic carbocycles. The molecule has 1 heterocycles. The van der Waals surface area contributed by atoms with Gasteiger partial charge in [0.2, 0.25) is 0 Å². The van der Waals surface area contributed by atoms with Crippen LogP contribution in [0.4, 0.5) is 4.39 Å². The average Bonchev–Trinajstić information content (AvgIpc) is 3.04. The summed E-state index contributed by atoms with van der Waals surface area (Å²) in [5.74, 6) is -2.43. The van der Waals surface area contributed by atoms with Crippen LogP contribution in [0.2, 0.25) is 5.02 Å². The molecule has 1 atom stereocenters. The maximum absolute atomic E-state index is 14.9. The minimum absolute atomic E-state index is 0.188. The molecule has 0 bridgehead atoms. The van der Waals surface area contributed by atoms with Gasteiger partial charge in [-0.15, -0.1) is 11.3 Å². The van der Waals surface area contributed by atoms with Crippen molar-refractivity contribution < 1.29 is 14.3 Å². The van der Waals surface area contributed by atoms with Gasteiger partial charge in [0, 0.05) is 26.6 Å². The Morgan fingerprint density at radius 2 is 1.83 bits per heavy atom. The number of hydrogen-bond donors (Lipinski definition) is 1. The van der Waals surface area contributed by atoms with Crippen LogP contribution in [0.3, 0.4) is 0 Å². The molecule has 0 aliphatic rings. The monoisotopic (exact) mass is 360 g/mol. The highest BCUT2D eigenvalue weighted by Gasteiger charge is 2.21. The molecule has 0 radical (unpaired) electrons. The molecular formula is C19H14ClFO2S. The van der Waals surface area contributed by atoms with E-state index in [1.807, 2.05) is 23.6 Å². The average molecular weight is 361 g/mol. The molecular weight excluding hydrogens is 347 g/mol. The van der Waals surface area contributed by atoms with Gasteiger partial charge in [0.1, 0.15) is 5.82 Å². The number of aliphatic carboxylic acids is 1. The number of rotatable bonds is 4. The van der Waals surface area contributed by atoms with Crippen LogP contribution < -0.4 is 0 Å². The highest BCUT2D eigenvalue weighted by atomic mass is 35.5. The second kappa shape index (κ2) is 6.75. The van der Waals surface area contributed by atoms with Gasteiger partial charge in [-0.25, -0.2) is 4.39 Å². The van der Waals surface area contributed by atoms with Crippen LogP contribution in [0.15, 0.2) is 53.9 Å². The van der Waals surface area contributed by atoms with Gasteiger partial charge in [-0.2, -0.15) is 0 Å². The van der Waals surface area contributed by atoms with Crippen molar-refractivity contribution in [3.05, 3.63) is 70.3 Å². The van der Waals surface area contributed by atoms with Crippen molar-refractivity contribution in [2.75, 3.05) is 0 Å². The van der Waals surface area contributed by atoms with Gasteiger partial charge in [-0.1, -0.05) is 41.9 Å². The lowest BCUT2D eigenvalue weighted by Crippen LogP contribution is -2.09. The molecule has 1 N–H and O–H groups in total. The van der Waals surface area contributed by atoms with Gasteiger partial charge < -0.3 is 5.11 Å². The maximum atomic E-state index is 14.9. The number of benzene rings is 2. The minimum atomic E-state index is -1.05. The lowest BCUT2D eigenvalue weighted by atomic mass is 9.94. The quantitative estimate of drug-likeness (QED) is 0.613. The number of halogens is 2. The van der Waals surface area contributed by atoms with Gasteiger partial charge in [-0.05, 0) is 36.1 Å². The smallest absolute Gasteiger partial charge is 0.310 e. The molecule has 2 aromatic carbocycles. The second-order valence-electron chi connectivity index (χ2n) is 5.44. The highest BCUT2D eigenvalue weighted by Crippen LogP contribution is 2.39. The van der Waals surface area contributed by atoms with Crippen LogP contribution in [0.1, 0.15) is 18.4 Å². The predicted molar refractivity (Wildman–Crippen MR) is 96.2 cm³/mol. The van der Waals surface area contributed by atoms with Crippen molar-refractivity contribution in [1.82, 2.24) is 0 Å². The first-order chi connectivity index (χ1) is 11.5. The summed E-state index contributed by atoms with van der Waals surface area (Å²) in [7, 11) is 0. The van der Waals surface area contributed by atoms with Gasteiger partial charge >= 0.3 is 5.97 Å². The number of hydrogen-bond acceptors (Lipinski definition) is 2. The Morgan fingerprint density at radius 3 is 2.50 bits per heavy atom. The fraction of sp³-hybridized carbons (Fsp3) is 0.105. The standard InChI is InChI=1S/C19H14ClFO2S/c1-11(19(22)23)14-3-2-4-15(17(14)21)16-9-10-24-18(16)12-5-7-13(20)8-6-12/h2-11H,1H3,(H,22,23). The Bertz CT molecular complexity index is 887. The van der Waals surface area contributed by atoms with E-state index in [0.29, 0.717) is 10.6 Å². The van der Waals surface area contributed by atoms with Crippen molar-refractivity contribution in [3.8, 4) is 21.6 Å². The van der Waals surface area contributed by atoms with Crippen LogP contribution in [-0.2, 0) is 4.79 Å². The van der Waals surface area contributed by atoms with E-state index in [1.54, 1.807) is 24.3 Å². The van der Waals surface area contributed by atoms with E-state index in [1.165, 1.54) is 24.3 Å². The third kappa shape index (κ3) is 3.07. The lowest BCUT2D eigenvalue weighted by Gasteiger charge is -2.12. The molecule has 0 saturated heterocycles. The van der Waals surface area contributed by atoms with Gasteiger partial charge in [0.15, 0.2) is 0 Å². The molecule has 1 unspecified atom stereocenters. The van der Waals surface area contributed by atoms with Crippen LogP contribution in [0, 0.1) is 5.82 Å². The van der Waals surface area contributed by atoms with E-state index >= 15 is 0 Å². The van der Waals surface area contributed by atoms with Crippen molar-refractivity contribution >= 4 is 28.9 Å². The number of carboxylic acids is 1. The molecule has 2 nitrogen and oxygen atoms in total. The molecule has 5 heteroatoms. The Hall–Kier alpha value is -2.17. The fourth-order valence-electron chi connectivity index (χ4n) is 2.57. The molecule has 0 saturated carbocycles. The Labute approximate surface area is 148 Å². The zero-order valence-corrected chi connectivity index (χ0v) is 14.4. The maximum Gasteiger partial charge on any atom is 0.310 e. The summed E-state index contributed by atoms with van der Waals surface area (Å²) < 4.78 is 14.9. The summed E-state index contributed by atoms with van der Waals surface area (Å²) >= 11 is 7.43. The zero-order chi connectivity index (χ0) is 17.3. The number of thiophene rings is 1. The molecule has 122 valence electrons. The summed E-state index contributed by atoms with van der Waals surface area (Å²) in [6.07, 6.45) is 0. The summed E-state index contributed by atoms with van der Waals surface area (Å²) in [4.78, 5) is 12.1. The molecule has 0 fully saturated rings. The van der Waals surface area contributed by atoms with Crippen LogP contribution in [-0.4, -0.2) is 11.1 Å². The molecule has 1 aromatic heterocycles. The van der Waals surface area contributed by atoms with Crippen LogP contribution in [0.25, 0.3) is 21.6 Å². The topological polar surface area (TPSA) is 37.3 Å². The van der Waals surface area contributed by atoms with E-state index in [4.69, 9.17) is 16.7 Å². The summed E-state index contributed by atoms with van der Waals surface area (Å²) in [5.41, 5.74) is 2.29. The molecule has 0 amide bonds. The first-order valence-corrected chi connectivity index (χ1v) is 8.60. The van der Waals surface area contributed by atoms with E-state index < -0.39 is 17.7 Å². The summed E-state index contributed by atoms with van der Waals surface area (Å²) in [6, 6.07) is 14.1.